The van der Waals surface area contributed by atoms with E-state index in [-0.39, 0.29) is 55.5 Å². The molecule has 3 fully saturated rings. The second kappa shape index (κ2) is 26.5. The van der Waals surface area contributed by atoms with E-state index in [1.54, 1.807) is 0 Å². The Hall–Kier alpha value is -6.00. The summed E-state index contributed by atoms with van der Waals surface area (Å²) in [5.74, 6) is -2.00. The number of rotatable bonds is 14. The lowest BCUT2D eigenvalue weighted by atomic mass is 9.77. The Balaban J connectivity index is 0.000000227. The molecule has 5 aromatic rings. The smallest absolute Gasteiger partial charge is 0.487 e. The van der Waals surface area contributed by atoms with Gasteiger partial charge in [-0.2, -0.15) is 0 Å². The van der Waals surface area contributed by atoms with E-state index >= 15 is 0 Å². The number of halogens is 11. The van der Waals surface area contributed by atoms with Gasteiger partial charge in [0.15, 0.2) is 30.0 Å². The van der Waals surface area contributed by atoms with Crippen LogP contribution in [0.15, 0.2) is 109 Å². The zero-order valence-corrected chi connectivity index (χ0v) is 39.7. The molecule has 0 amide bonds. The van der Waals surface area contributed by atoms with Gasteiger partial charge in [-0.25, -0.2) is 8.78 Å². The third-order valence-corrected chi connectivity index (χ3v) is 11.9. The summed E-state index contributed by atoms with van der Waals surface area (Å²) in [6.45, 7) is 3.24. The predicted molar refractivity (Wildman–Crippen MR) is 245 cm³/mol. The van der Waals surface area contributed by atoms with Crippen LogP contribution in [0.25, 0.3) is 11.1 Å². The third kappa shape index (κ3) is 18.4. The fourth-order valence-electron chi connectivity index (χ4n) is 8.28. The molecule has 74 heavy (non-hydrogen) atoms. The van der Waals surface area contributed by atoms with Crippen LogP contribution in [-0.2, 0) is 18.9 Å². The summed E-state index contributed by atoms with van der Waals surface area (Å²) in [6, 6.07) is 25.7. The first kappa shape index (κ1) is 57.3. The van der Waals surface area contributed by atoms with Crippen LogP contribution in [0.5, 0.6) is 23.0 Å². The van der Waals surface area contributed by atoms with Crippen LogP contribution in [0.2, 0.25) is 0 Å². The number of alkyl halides is 9. The van der Waals surface area contributed by atoms with E-state index in [1.807, 2.05) is 12.1 Å². The zero-order valence-electron chi connectivity index (χ0n) is 39.7. The maximum absolute atomic E-state index is 14.9. The van der Waals surface area contributed by atoms with Crippen molar-refractivity contribution in [3.8, 4) is 34.1 Å². The van der Waals surface area contributed by atoms with E-state index in [1.165, 1.54) is 117 Å². The Bertz CT molecular complexity index is 2440. The monoisotopic (exact) mass is 1060 g/mol. The maximum atomic E-state index is 14.9. The SMILES string of the molecule is CCCC1CCC(c2ccc(-c3cc(F)c(OCC4COC(c5ccc(OC(F)(F)F)cc5)OC4)c(F)c3)cc2)CC1.O=Cc1ccc(OC(F)(F)F)cc1.OCC1COC(c2ccc(OC(F)(F)F)cc2)OC1. The average molecular weight is 1060 g/mol. The number of aliphatic hydroxyl groups is 1. The largest absolute Gasteiger partial charge is 0.573 e. The summed E-state index contributed by atoms with van der Waals surface area (Å²) < 4.78 is 177. The molecule has 2 aliphatic heterocycles. The van der Waals surface area contributed by atoms with Crippen LogP contribution in [0, 0.1) is 29.4 Å². The highest BCUT2D eigenvalue weighted by Gasteiger charge is 2.33. The number of hydrogen-bond acceptors (Lipinski definition) is 10. The number of carbonyl (C=O) groups is 1. The lowest BCUT2D eigenvalue weighted by Crippen LogP contribution is -2.31. The first-order valence-electron chi connectivity index (χ1n) is 23.5. The van der Waals surface area contributed by atoms with E-state index in [0.717, 1.165) is 23.6 Å². The standard InChI is InChI=1S/C33H35F5O4.C12H13F3O4.C8H5F3O2/c1-2-3-21-4-6-23(7-5-21)24-8-10-25(11-9-24)27-16-29(34)31(30(35)17-27)39-18-22-19-40-32(41-20-22)26-12-14-28(15-13-26)42-33(36,37)38;13-12(14,15)19-10-3-1-9(2-4-10)11-17-6-8(5-16)7-18-11;9-8(10,11)13-7-3-1-6(5-12)2-4-7/h8-17,21-23,32H,2-7,18-20H2,1H3;1-4,8,11,16H,5-7H2;1-5H. The molecule has 402 valence electrons. The maximum Gasteiger partial charge on any atom is 0.573 e. The minimum absolute atomic E-state index is 0.0227. The lowest BCUT2D eigenvalue weighted by Gasteiger charge is -2.29. The molecule has 8 rings (SSSR count). The van der Waals surface area contributed by atoms with Crippen molar-refractivity contribution in [1.29, 1.82) is 0 Å². The second-order valence-corrected chi connectivity index (χ2v) is 17.6. The van der Waals surface area contributed by atoms with Gasteiger partial charge in [0.1, 0.15) is 23.5 Å². The van der Waals surface area contributed by atoms with Crippen LogP contribution >= 0.6 is 0 Å². The first-order valence-corrected chi connectivity index (χ1v) is 23.5. The Kier molecular flexibility index (Phi) is 20.5. The van der Waals surface area contributed by atoms with Gasteiger partial charge in [0, 0.05) is 28.5 Å². The second-order valence-electron chi connectivity index (χ2n) is 17.6. The molecule has 10 nitrogen and oxygen atoms in total. The number of ether oxygens (including phenoxy) is 8. The van der Waals surface area contributed by atoms with Gasteiger partial charge in [-0.05, 0) is 115 Å². The highest BCUT2D eigenvalue weighted by molar-refractivity contribution is 5.74. The molecule has 2 heterocycles. The summed E-state index contributed by atoms with van der Waals surface area (Å²) >= 11 is 0. The van der Waals surface area contributed by atoms with Crippen LogP contribution in [-0.4, -0.2) is 70.1 Å². The summed E-state index contributed by atoms with van der Waals surface area (Å²) in [5.41, 5.74) is 3.88. The highest BCUT2D eigenvalue weighted by atomic mass is 19.4. The Morgan fingerprint density at radius 3 is 1.34 bits per heavy atom. The molecule has 0 aromatic heterocycles. The number of aldehydes is 1. The molecule has 5 aromatic carbocycles. The molecule has 1 saturated carbocycles. The van der Waals surface area contributed by atoms with E-state index in [4.69, 9.17) is 28.8 Å². The fourth-order valence-corrected chi connectivity index (χ4v) is 8.28. The zero-order chi connectivity index (χ0) is 53.5. The van der Waals surface area contributed by atoms with Gasteiger partial charge in [-0.15, -0.1) is 39.5 Å². The molecule has 1 aliphatic carbocycles. The number of aliphatic hydroxyl groups excluding tert-OH is 1. The number of hydrogen-bond donors (Lipinski definition) is 1. The Morgan fingerprint density at radius 1 is 0.541 bits per heavy atom. The van der Waals surface area contributed by atoms with Gasteiger partial charge in [0.25, 0.3) is 0 Å². The minimum atomic E-state index is -4.77. The van der Waals surface area contributed by atoms with Crippen molar-refractivity contribution in [2.24, 2.45) is 17.8 Å². The van der Waals surface area contributed by atoms with Crippen molar-refractivity contribution in [2.75, 3.05) is 39.6 Å². The minimum Gasteiger partial charge on any atom is -0.487 e. The van der Waals surface area contributed by atoms with Gasteiger partial charge in [-0.3, -0.25) is 4.79 Å². The topological polar surface area (TPSA) is 111 Å². The Morgan fingerprint density at radius 2 is 0.946 bits per heavy atom. The quantitative estimate of drug-likeness (QED) is 0.0852. The van der Waals surface area contributed by atoms with E-state index in [9.17, 15) is 53.1 Å². The molecule has 0 bridgehead atoms. The van der Waals surface area contributed by atoms with Gasteiger partial charge in [0.05, 0.1) is 39.6 Å². The van der Waals surface area contributed by atoms with Crippen molar-refractivity contribution < 1.29 is 96.1 Å². The molecule has 21 heteroatoms. The first-order chi connectivity index (χ1) is 35.2. The molecule has 0 atom stereocenters. The van der Waals surface area contributed by atoms with Crippen LogP contribution in [0.3, 0.4) is 0 Å². The van der Waals surface area contributed by atoms with Crippen LogP contribution in [0.1, 0.15) is 91.0 Å². The molecule has 0 spiro atoms. The fraction of sp³-hybridized carbons (Fsp3) is 0.415. The van der Waals surface area contributed by atoms with E-state index in [2.05, 4.69) is 33.3 Å². The van der Waals surface area contributed by atoms with E-state index in [0.29, 0.717) is 47.7 Å². The summed E-state index contributed by atoms with van der Waals surface area (Å²) in [5, 5.41) is 8.91. The van der Waals surface area contributed by atoms with Crippen molar-refractivity contribution in [3.63, 3.8) is 0 Å². The third-order valence-electron chi connectivity index (χ3n) is 11.9. The summed E-state index contributed by atoms with van der Waals surface area (Å²) in [6.07, 6.45) is -7.60. The molecule has 2 saturated heterocycles. The number of benzene rings is 5. The number of carbonyl (C=O) groups excluding carboxylic acids is 1. The van der Waals surface area contributed by atoms with Crippen molar-refractivity contribution >= 4 is 6.29 Å². The average Bonchev–Trinajstić information content (AvgIpc) is 3.36. The van der Waals surface area contributed by atoms with Gasteiger partial charge >= 0.3 is 19.1 Å². The summed E-state index contributed by atoms with van der Waals surface area (Å²) in [7, 11) is 0. The van der Waals surface area contributed by atoms with Crippen molar-refractivity contribution in [2.45, 2.75) is 83.0 Å². The summed E-state index contributed by atoms with van der Waals surface area (Å²) in [4.78, 5) is 10.1. The van der Waals surface area contributed by atoms with Crippen molar-refractivity contribution in [3.05, 3.63) is 143 Å². The molecule has 3 aliphatic rings. The molecular weight excluding hydrogens is 1010 g/mol. The lowest BCUT2D eigenvalue weighted by molar-refractivity contribution is -0.275. The molecule has 0 unspecified atom stereocenters. The normalized spacial score (nSPS) is 21.2. The van der Waals surface area contributed by atoms with Gasteiger partial charge in [0.2, 0.25) is 0 Å². The van der Waals surface area contributed by atoms with Crippen LogP contribution < -0.4 is 18.9 Å². The van der Waals surface area contributed by atoms with Gasteiger partial charge in [-0.1, -0.05) is 68.3 Å². The highest BCUT2D eigenvalue weighted by Crippen LogP contribution is 2.39. The molecule has 0 radical (unpaired) electrons. The molecule has 1 N–H and O–H groups in total. The van der Waals surface area contributed by atoms with E-state index < -0.39 is 49.1 Å². The molecular formula is C53H53F11O10. The Labute approximate surface area is 419 Å². The van der Waals surface area contributed by atoms with Crippen molar-refractivity contribution in [1.82, 2.24) is 0 Å². The van der Waals surface area contributed by atoms with Gasteiger partial charge < -0.3 is 43.0 Å². The van der Waals surface area contributed by atoms with Crippen LogP contribution in [0.4, 0.5) is 48.3 Å². The predicted octanol–water partition coefficient (Wildman–Crippen LogP) is 14.0.